The molecule has 0 saturated carbocycles. The molecule has 3 rings (SSSR count). The fraction of sp³-hybridized carbons (Fsp3) is 0.250. The fourth-order valence-corrected chi connectivity index (χ4v) is 2.76. The lowest BCUT2D eigenvalue weighted by molar-refractivity contribution is -0.384. The van der Waals surface area contributed by atoms with Gasteiger partial charge < -0.3 is 14.2 Å². The summed E-state index contributed by atoms with van der Waals surface area (Å²) in [4.78, 5) is 28.7. The number of carbonyl (C=O) groups is 1. The molecule has 0 fully saturated rings. The van der Waals surface area contributed by atoms with Crippen LogP contribution in [-0.4, -0.2) is 38.5 Å². The third kappa shape index (κ3) is 5.32. The molecule has 0 bridgehead atoms. The third-order valence-corrected chi connectivity index (χ3v) is 4.48. The first-order chi connectivity index (χ1) is 14.3. The first-order valence-corrected chi connectivity index (χ1v) is 9.46. The first kappa shape index (κ1) is 21.3. The number of nitro groups is 1. The maximum atomic E-state index is 12.6. The predicted octanol–water partition coefficient (Wildman–Crippen LogP) is 4.11. The highest BCUT2D eigenvalue weighted by Gasteiger charge is 2.21. The highest BCUT2D eigenvalue weighted by atomic mass is 35.5. The third-order valence-electron chi connectivity index (χ3n) is 4.23. The van der Waals surface area contributed by atoms with E-state index < -0.39 is 4.92 Å². The molecule has 0 radical (unpaired) electrons. The van der Waals surface area contributed by atoms with Crippen molar-refractivity contribution in [2.24, 2.45) is 0 Å². The summed E-state index contributed by atoms with van der Waals surface area (Å²) in [6.07, 6.45) is 0. The minimum absolute atomic E-state index is 0.0506. The summed E-state index contributed by atoms with van der Waals surface area (Å²) < 4.78 is 10.7. The molecule has 0 unspecified atom stereocenters. The van der Waals surface area contributed by atoms with Crippen LogP contribution in [0.4, 0.5) is 5.69 Å². The van der Waals surface area contributed by atoms with Gasteiger partial charge >= 0.3 is 0 Å². The summed E-state index contributed by atoms with van der Waals surface area (Å²) in [5, 5.41) is 15.3. The predicted molar refractivity (Wildman–Crippen MR) is 109 cm³/mol. The van der Waals surface area contributed by atoms with Crippen LogP contribution in [0.3, 0.4) is 0 Å². The van der Waals surface area contributed by atoms with E-state index >= 15 is 0 Å². The fourth-order valence-electron chi connectivity index (χ4n) is 2.63. The second-order valence-corrected chi connectivity index (χ2v) is 7.11. The van der Waals surface area contributed by atoms with Crippen LogP contribution in [0.2, 0.25) is 5.02 Å². The minimum atomic E-state index is -0.502. The number of benzene rings is 2. The lowest BCUT2D eigenvalue weighted by Crippen LogP contribution is -2.39. The van der Waals surface area contributed by atoms with E-state index in [0.29, 0.717) is 16.6 Å². The van der Waals surface area contributed by atoms with E-state index in [1.807, 2.05) is 13.8 Å². The molecule has 0 atom stereocenters. The Morgan fingerprint density at radius 1 is 1.20 bits per heavy atom. The van der Waals surface area contributed by atoms with E-state index in [9.17, 15) is 14.9 Å². The number of nitro benzene ring substituents is 1. The Labute approximate surface area is 177 Å². The van der Waals surface area contributed by atoms with Gasteiger partial charge in [-0.15, -0.1) is 0 Å². The van der Waals surface area contributed by atoms with Crippen LogP contribution in [0.1, 0.15) is 19.7 Å². The molecule has 9 nitrogen and oxygen atoms in total. The largest absolute Gasteiger partial charge is 0.484 e. The number of rotatable bonds is 8. The van der Waals surface area contributed by atoms with Gasteiger partial charge in [-0.2, -0.15) is 4.98 Å². The number of amides is 1. The molecule has 0 aliphatic carbocycles. The normalized spacial score (nSPS) is 10.8. The van der Waals surface area contributed by atoms with Crippen molar-refractivity contribution in [1.29, 1.82) is 0 Å². The standard InChI is InChI=1S/C20H19ClN4O5/c1-13(2)24(19(26)12-29-17-9-7-16(8-10-17)25(27)28)11-18-22-20(23-30-18)14-3-5-15(21)6-4-14/h3-10,13H,11-12H2,1-2H3. The number of halogens is 1. The molecule has 0 N–H and O–H groups in total. The molecule has 30 heavy (non-hydrogen) atoms. The van der Waals surface area contributed by atoms with Crippen molar-refractivity contribution >= 4 is 23.2 Å². The molecule has 1 aromatic heterocycles. The van der Waals surface area contributed by atoms with Gasteiger partial charge in [0.2, 0.25) is 11.7 Å². The van der Waals surface area contributed by atoms with Gasteiger partial charge in [-0.3, -0.25) is 14.9 Å². The van der Waals surface area contributed by atoms with Crippen molar-refractivity contribution in [2.75, 3.05) is 6.61 Å². The number of nitrogens with zero attached hydrogens (tertiary/aromatic N) is 4. The molecule has 0 aliphatic rings. The Hall–Kier alpha value is -3.46. The number of non-ortho nitro benzene ring substituents is 1. The maximum absolute atomic E-state index is 12.6. The summed E-state index contributed by atoms with van der Waals surface area (Å²) in [5.74, 6) is 0.771. The molecular weight excluding hydrogens is 412 g/mol. The molecule has 3 aromatic rings. The Bertz CT molecular complexity index is 1020. The quantitative estimate of drug-likeness (QED) is 0.390. The summed E-state index contributed by atoms with van der Waals surface area (Å²) in [6.45, 7) is 3.62. The van der Waals surface area contributed by atoms with Gasteiger partial charge in [0.25, 0.3) is 11.6 Å². The van der Waals surface area contributed by atoms with Crippen LogP contribution in [0.15, 0.2) is 53.1 Å². The number of hydrogen-bond acceptors (Lipinski definition) is 7. The van der Waals surface area contributed by atoms with E-state index in [0.717, 1.165) is 5.56 Å². The van der Waals surface area contributed by atoms with E-state index in [4.69, 9.17) is 20.9 Å². The second kappa shape index (κ2) is 9.36. The molecule has 0 saturated heterocycles. The van der Waals surface area contributed by atoms with Crippen molar-refractivity contribution in [1.82, 2.24) is 15.0 Å². The van der Waals surface area contributed by atoms with E-state index in [2.05, 4.69) is 10.1 Å². The summed E-state index contributed by atoms with van der Waals surface area (Å²) in [7, 11) is 0. The van der Waals surface area contributed by atoms with Crippen LogP contribution in [0.25, 0.3) is 11.4 Å². The minimum Gasteiger partial charge on any atom is -0.484 e. The number of aromatic nitrogens is 2. The molecule has 1 heterocycles. The average molecular weight is 431 g/mol. The SMILES string of the molecule is CC(C)N(Cc1nc(-c2ccc(Cl)cc2)no1)C(=O)COc1ccc([N+](=O)[O-])cc1. The first-order valence-electron chi connectivity index (χ1n) is 9.08. The average Bonchev–Trinajstić information content (AvgIpc) is 3.19. The van der Waals surface area contributed by atoms with Crippen LogP contribution >= 0.6 is 11.6 Å². The van der Waals surface area contributed by atoms with Crippen molar-refractivity contribution in [3.63, 3.8) is 0 Å². The molecule has 0 spiro atoms. The number of hydrogen-bond donors (Lipinski definition) is 0. The zero-order valence-electron chi connectivity index (χ0n) is 16.3. The molecule has 1 amide bonds. The molecular formula is C20H19ClN4O5. The zero-order chi connectivity index (χ0) is 21.7. The van der Waals surface area contributed by atoms with Crippen molar-refractivity contribution in [3.8, 4) is 17.1 Å². The maximum Gasteiger partial charge on any atom is 0.269 e. The van der Waals surface area contributed by atoms with E-state index in [1.54, 1.807) is 29.2 Å². The summed E-state index contributed by atoms with van der Waals surface area (Å²) in [6, 6.07) is 12.4. The van der Waals surface area contributed by atoms with Gasteiger partial charge in [-0.25, -0.2) is 0 Å². The smallest absolute Gasteiger partial charge is 0.269 e. The van der Waals surface area contributed by atoms with Gasteiger partial charge in [-0.05, 0) is 50.2 Å². The Kier molecular flexibility index (Phi) is 6.63. The van der Waals surface area contributed by atoms with Crippen molar-refractivity contribution in [2.45, 2.75) is 26.4 Å². The topological polar surface area (TPSA) is 112 Å². The van der Waals surface area contributed by atoms with Gasteiger partial charge in [-0.1, -0.05) is 16.8 Å². The highest BCUT2D eigenvalue weighted by Crippen LogP contribution is 2.20. The number of ether oxygens (including phenoxy) is 1. The number of carbonyl (C=O) groups excluding carboxylic acids is 1. The van der Waals surface area contributed by atoms with Crippen LogP contribution in [-0.2, 0) is 11.3 Å². The van der Waals surface area contributed by atoms with Crippen LogP contribution in [0, 0.1) is 10.1 Å². The summed E-state index contributed by atoms with van der Waals surface area (Å²) in [5.41, 5.74) is 0.698. The van der Waals surface area contributed by atoms with Crippen LogP contribution < -0.4 is 4.74 Å². The second-order valence-electron chi connectivity index (χ2n) is 6.67. The highest BCUT2D eigenvalue weighted by molar-refractivity contribution is 6.30. The van der Waals surface area contributed by atoms with Crippen molar-refractivity contribution in [3.05, 3.63) is 69.6 Å². The molecule has 2 aromatic carbocycles. The van der Waals surface area contributed by atoms with Gasteiger partial charge in [0, 0.05) is 28.8 Å². The Morgan fingerprint density at radius 2 is 1.87 bits per heavy atom. The van der Waals surface area contributed by atoms with Gasteiger partial charge in [0.1, 0.15) is 12.3 Å². The molecule has 10 heteroatoms. The van der Waals surface area contributed by atoms with Gasteiger partial charge in [0.05, 0.1) is 4.92 Å². The van der Waals surface area contributed by atoms with Crippen LogP contribution in [0.5, 0.6) is 5.75 Å². The monoisotopic (exact) mass is 430 g/mol. The van der Waals surface area contributed by atoms with E-state index in [1.165, 1.54) is 24.3 Å². The Balaban J connectivity index is 1.63. The Morgan fingerprint density at radius 3 is 2.47 bits per heavy atom. The lowest BCUT2D eigenvalue weighted by atomic mass is 10.2. The van der Waals surface area contributed by atoms with Gasteiger partial charge in [0.15, 0.2) is 6.61 Å². The summed E-state index contributed by atoms with van der Waals surface area (Å²) >= 11 is 5.89. The molecule has 0 aliphatic heterocycles. The van der Waals surface area contributed by atoms with E-state index in [-0.39, 0.29) is 36.7 Å². The molecule has 156 valence electrons. The zero-order valence-corrected chi connectivity index (χ0v) is 17.1. The van der Waals surface area contributed by atoms with Crippen molar-refractivity contribution < 1.29 is 19.0 Å². The lowest BCUT2D eigenvalue weighted by Gasteiger charge is -2.25.